The number of hydrogen-bond acceptors (Lipinski definition) is 3. The van der Waals surface area contributed by atoms with E-state index in [1.807, 2.05) is 18.2 Å². The van der Waals surface area contributed by atoms with Gasteiger partial charge in [-0.2, -0.15) is 0 Å². The third-order valence-corrected chi connectivity index (χ3v) is 3.83. The number of rotatable bonds is 5. The van der Waals surface area contributed by atoms with E-state index >= 15 is 0 Å². The van der Waals surface area contributed by atoms with Crippen LogP contribution in [-0.4, -0.2) is 25.4 Å². The Morgan fingerprint density at radius 1 is 1.53 bits per heavy atom. The van der Waals surface area contributed by atoms with Crippen LogP contribution in [0.4, 0.5) is 0 Å². The highest BCUT2D eigenvalue weighted by atomic mass is 35.5. The predicted molar refractivity (Wildman–Crippen MR) is 77.9 cm³/mol. The van der Waals surface area contributed by atoms with Crippen LogP contribution in [0.25, 0.3) is 0 Å². The molecule has 19 heavy (non-hydrogen) atoms. The van der Waals surface area contributed by atoms with Crippen LogP contribution in [0.5, 0.6) is 5.75 Å². The summed E-state index contributed by atoms with van der Waals surface area (Å²) in [6.45, 7) is 3.58. The molecule has 2 N–H and O–H groups in total. The van der Waals surface area contributed by atoms with Gasteiger partial charge in [-0.05, 0) is 37.8 Å². The molecule has 1 aromatic rings. The minimum Gasteiger partial charge on any atom is -0.488 e. The summed E-state index contributed by atoms with van der Waals surface area (Å²) in [7, 11) is 0. The fourth-order valence-corrected chi connectivity index (χ4v) is 2.48. The van der Waals surface area contributed by atoms with Gasteiger partial charge in [0.15, 0.2) is 0 Å². The van der Waals surface area contributed by atoms with E-state index in [-0.39, 0.29) is 12.1 Å². The summed E-state index contributed by atoms with van der Waals surface area (Å²) in [5.74, 6) is 0.854. The van der Waals surface area contributed by atoms with Gasteiger partial charge < -0.3 is 15.2 Å². The molecule has 4 heteroatoms. The van der Waals surface area contributed by atoms with Crippen LogP contribution in [-0.2, 0) is 11.2 Å². The Morgan fingerprint density at radius 2 is 2.37 bits per heavy atom. The smallest absolute Gasteiger partial charge is 0.124 e. The van der Waals surface area contributed by atoms with Gasteiger partial charge in [0.05, 0.1) is 6.61 Å². The molecule has 1 fully saturated rings. The molecule has 1 aliphatic heterocycles. The molecule has 2 rings (SSSR count). The van der Waals surface area contributed by atoms with Crippen molar-refractivity contribution >= 4 is 11.6 Å². The normalized spacial score (nSPS) is 21.1. The molecular formula is C15H22ClNO2. The van der Waals surface area contributed by atoms with Crippen molar-refractivity contribution in [2.75, 3.05) is 13.2 Å². The molecular weight excluding hydrogens is 262 g/mol. The molecule has 0 spiro atoms. The van der Waals surface area contributed by atoms with Crippen molar-refractivity contribution < 1.29 is 9.47 Å². The summed E-state index contributed by atoms with van der Waals surface area (Å²) in [6.07, 6.45) is 3.89. The summed E-state index contributed by atoms with van der Waals surface area (Å²) >= 11 is 6.28. The fraction of sp³-hybridized carbons (Fsp3) is 0.600. The molecule has 1 aromatic carbocycles. The Labute approximate surface area is 120 Å². The van der Waals surface area contributed by atoms with Gasteiger partial charge in [-0.1, -0.05) is 24.6 Å². The zero-order valence-corrected chi connectivity index (χ0v) is 12.2. The van der Waals surface area contributed by atoms with E-state index in [9.17, 15) is 0 Å². The Bertz CT molecular complexity index is 405. The maximum atomic E-state index is 6.28. The van der Waals surface area contributed by atoms with Crippen LogP contribution in [0, 0.1) is 0 Å². The molecule has 1 saturated heterocycles. The third-order valence-electron chi connectivity index (χ3n) is 3.48. The summed E-state index contributed by atoms with van der Waals surface area (Å²) < 4.78 is 11.5. The number of nitrogens with two attached hydrogens (primary N) is 1. The fourth-order valence-electron chi connectivity index (χ4n) is 2.24. The van der Waals surface area contributed by atoms with Gasteiger partial charge in [-0.15, -0.1) is 0 Å². The first-order chi connectivity index (χ1) is 9.20. The Balaban J connectivity index is 2.11. The van der Waals surface area contributed by atoms with E-state index in [4.69, 9.17) is 26.8 Å². The van der Waals surface area contributed by atoms with Crippen molar-refractivity contribution in [3.8, 4) is 5.75 Å². The van der Waals surface area contributed by atoms with Crippen molar-refractivity contribution in [1.82, 2.24) is 0 Å². The molecule has 0 saturated carbocycles. The van der Waals surface area contributed by atoms with Crippen molar-refractivity contribution in [1.29, 1.82) is 0 Å². The molecule has 2 atom stereocenters. The zero-order valence-electron chi connectivity index (χ0n) is 11.4. The van der Waals surface area contributed by atoms with E-state index in [1.165, 1.54) is 0 Å². The van der Waals surface area contributed by atoms with Crippen LogP contribution >= 0.6 is 11.6 Å². The molecule has 3 nitrogen and oxygen atoms in total. The molecule has 0 aliphatic carbocycles. The van der Waals surface area contributed by atoms with Crippen molar-refractivity contribution in [3.63, 3.8) is 0 Å². The summed E-state index contributed by atoms with van der Waals surface area (Å²) in [5, 5.41) is 0.734. The average Bonchev–Trinajstić information content (AvgIpc) is 2.43. The highest BCUT2D eigenvalue weighted by Gasteiger charge is 2.18. The average molecular weight is 284 g/mol. The van der Waals surface area contributed by atoms with Gasteiger partial charge in [-0.25, -0.2) is 0 Å². The first kappa shape index (κ1) is 14.6. The monoisotopic (exact) mass is 283 g/mol. The first-order valence-electron chi connectivity index (χ1n) is 6.98. The standard InChI is InChI=1S/C15H22ClNO2/c1-2-11(17)9-13-14(16)6-3-7-15(13)19-12-5-4-8-18-10-12/h3,6-7,11-12H,2,4-5,8-10,17H2,1H3. The lowest BCUT2D eigenvalue weighted by atomic mass is 10.0. The van der Waals surface area contributed by atoms with E-state index in [0.717, 1.165) is 48.6 Å². The summed E-state index contributed by atoms with van der Waals surface area (Å²) in [4.78, 5) is 0. The van der Waals surface area contributed by atoms with Crippen molar-refractivity contribution in [3.05, 3.63) is 28.8 Å². The molecule has 0 amide bonds. The van der Waals surface area contributed by atoms with Gasteiger partial charge in [0.1, 0.15) is 11.9 Å². The summed E-state index contributed by atoms with van der Waals surface area (Å²) in [6, 6.07) is 5.90. The Kier molecular flexibility index (Phi) is 5.49. The van der Waals surface area contributed by atoms with Gasteiger partial charge in [0.25, 0.3) is 0 Å². The highest BCUT2D eigenvalue weighted by Crippen LogP contribution is 2.29. The van der Waals surface area contributed by atoms with E-state index in [0.29, 0.717) is 6.61 Å². The molecule has 1 aliphatic rings. The lowest BCUT2D eigenvalue weighted by Crippen LogP contribution is -2.29. The second kappa shape index (κ2) is 7.13. The van der Waals surface area contributed by atoms with Crippen LogP contribution < -0.4 is 10.5 Å². The SMILES string of the molecule is CCC(N)Cc1c(Cl)cccc1OC1CCCOC1. The molecule has 0 aromatic heterocycles. The Morgan fingerprint density at radius 3 is 3.05 bits per heavy atom. The van der Waals surface area contributed by atoms with Crippen molar-refractivity contribution in [2.24, 2.45) is 5.73 Å². The zero-order chi connectivity index (χ0) is 13.7. The number of ether oxygens (including phenoxy) is 2. The number of halogens is 1. The number of hydrogen-bond donors (Lipinski definition) is 1. The highest BCUT2D eigenvalue weighted by molar-refractivity contribution is 6.31. The quantitative estimate of drug-likeness (QED) is 0.903. The molecule has 106 valence electrons. The lowest BCUT2D eigenvalue weighted by molar-refractivity contribution is 0.00702. The summed E-state index contributed by atoms with van der Waals surface area (Å²) in [5.41, 5.74) is 7.05. The molecule has 1 heterocycles. The van der Waals surface area contributed by atoms with Crippen molar-refractivity contribution in [2.45, 2.75) is 44.8 Å². The van der Waals surface area contributed by atoms with E-state index < -0.39 is 0 Å². The third kappa shape index (κ3) is 4.10. The van der Waals surface area contributed by atoms with Gasteiger partial charge in [-0.3, -0.25) is 0 Å². The predicted octanol–water partition coefficient (Wildman–Crippen LogP) is 3.18. The first-order valence-corrected chi connectivity index (χ1v) is 7.36. The van der Waals surface area contributed by atoms with Crippen LogP contribution in [0.15, 0.2) is 18.2 Å². The molecule has 0 radical (unpaired) electrons. The van der Waals surface area contributed by atoms with Gasteiger partial charge >= 0.3 is 0 Å². The molecule has 2 unspecified atom stereocenters. The second-order valence-electron chi connectivity index (χ2n) is 5.05. The largest absolute Gasteiger partial charge is 0.488 e. The lowest BCUT2D eigenvalue weighted by Gasteiger charge is -2.25. The van der Waals surface area contributed by atoms with E-state index in [1.54, 1.807) is 0 Å². The van der Waals surface area contributed by atoms with Crippen LogP contribution in [0.2, 0.25) is 5.02 Å². The van der Waals surface area contributed by atoms with Gasteiger partial charge in [0, 0.05) is 23.2 Å². The topological polar surface area (TPSA) is 44.5 Å². The molecule has 0 bridgehead atoms. The Hall–Kier alpha value is -0.770. The van der Waals surface area contributed by atoms with Crippen LogP contribution in [0.1, 0.15) is 31.7 Å². The maximum absolute atomic E-state index is 6.28. The second-order valence-corrected chi connectivity index (χ2v) is 5.45. The van der Waals surface area contributed by atoms with Crippen LogP contribution in [0.3, 0.4) is 0 Å². The van der Waals surface area contributed by atoms with Gasteiger partial charge in [0.2, 0.25) is 0 Å². The van der Waals surface area contributed by atoms with E-state index in [2.05, 4.69) is 6.92 Å². The minimum atomic E-state index is 0.116. The maximum Gasteiger partial charge on any atom is 0.124 e. The minimum absolute atomic E-state index is 0.116. The number of benzene rings is 1.